The van der Waals surface area contributed by atoms with E-state index in [0.717, 1.165) is 0 Å². The van der Waals surface area contributed by atoms with E-state index in [-0.39, 0.29) is 17.3 Å². The minimum atomic E-state index is -3.71. The third kappa shape index (κ3) is 4.65. The Morgan fingerprint density at radius 3 is 2.37 bits per heavy atom. The van der Waals surface area contributed by atoms with E-state index >= 15 is 0 Å². The van der Waals surface area contributed by atoms with Crippen LogP contribution in [0.25, 0.3) is 0 Å². The summed E-state index contributed by atoms with van der Waals surface area (Å²) in [6.07, 6.45) is 0.919. The van der Waals surface area contributed by atoms with Gasteiger partial charge in [0, 0.05) is 19.8 Å². The summed E-state index contributed by atoms with van der Waals surface area (Å²) in [7, 11) is -3.71. The van der Waals surface area contributed by atoms with Crippen LogP contribution in [-0.2, 0) is 26.1 Å². The van der Waals surface area contributed by atoms with Crippen molar-refractivity contribution in [2.45, 2.75) is 29.8 Å². The van der Waals surface area contributed by atoms with E-state index < -0.39 is 15.6 Å². The first-order valence-electron chi connectivity index (χ1n) is 8.71. The van der Waals surface area contributed by atoms with Crippen molar-refractivity contribution in [1.82, 2.24) is 5.32 Å². The molecule has 7 nitrogen and oxygen atoms in total. The summed E-state index contributed by atoms with van der Waals surface area (Å²) >= 11 is 0. The number of nitrogens with two attached hydrogens (primary N) is 1. The number of carbonyl (C=O) groups excluding carboxylic acids is 1. The van der Waals surface area contributed by atoms with E-state index in [9.17, 15) is 13.2 Å². The smallest absolute Gasteiger partial charge is 0.261 e. The number of hydrogen-bond donors (Lipinski definition) is 3. The van der Waals surface area contributed by atoms with Gasteiger partial charge in [0.05, 0.1) is 16.1 Å². The van der Waals surface area contributed by atoms with Crippen molar-refractivity contribution in [1.29, 1.82) is 0 Å². The minimum Gasteiger partial charge on any atom is -0.381 e. The molecule has 1 aliphatic heterocycles. The second kappa shape index (κ2) is 8.08. The second-order valence-corrected chi connectivity index (χ2v) is 8.21. The number of carbonyl (C=O) groups is 1. The first-order chi connectivity index (χ1) is 12.9. The van der Waals surface area contributed by atoms with E-state index in [0.29, 0.717) is 37.3 Å². The van der Waals surface area contributed by atoms with Crippen LogP contribution in [0.5, 0.6) is 0 Å². The summed E-state index contributed by atoms with van der Waals surface area (Å²) in [5, 5.41) is 2.82. The number of nitrogens with one attached hydrogen (secondary N) is 2. The average molecular weight is 389 g/mol. The highest BCUT2D eigenvalue weighted by Gasteiger charge is 2.35. The maximum absolute atomic E-state index is 12.6. The topological polar surface area (TPSA) is 111 Å². The van der Waals surface area contributed by atoms with Crippen molar-refractivity contribution in [3.63, 3.8) is 0 Å². The maximum atomic E-state index is 12.6. The molecule has 2 aromatic rings. The highest BCUT2D eigenvalue weighted by atomic mass is 32.2. The molecule has 0 saturated carbocycles. The Balaban J connectivity index is 1.72. The molecular weight excluding hydrogens is 366 g/mol. The lowest BCUT2D eigenvalue weighted by atomic mass is 9.90. The normalized spacial score (nSPS) is 16.5. The first-order valence-corrected chi connectivity index (χ1v) is 10.2. The summed E-state index contributed by atoms with van der Waals surface area (Å²) in [5.74, 6) is -0.258. The van der Waals surface area contributed by atoms with Gasteiger partial charge in [-0.2, -0.15) is 0 Å². The number of amides is 1. The summed E-state index contributed by atoms with van der Waals surface area (Å²) in [4.78, 5) is 12.7. The Bertz CT molecular complexity index is 894. The largest absolute Gasteiger partial charge is 0.381 e. The molecule has 3 rings (SSSR count). The number of ether oxygens (including phenoxy) is 1. The van der Waals surface area contributed by atoms with Crippen LogP contribution in [-0.4, -0.2) is 33.1 Å². The number of benzene rings is 2. The van der Waals surface area contributed by atoms with Gasteiger partial charge in [-0.1, -0.05) is 36.4 Å². The van der Waals surface area contributed by atoms with Crippen molar-refractivity contribution < 1.29 is 17.9 Å². The molecular formula is C19H23N3O4S. The lowest BCUT2D eigenvalue weighted by molar-refractivity contribution is -0.129. The van der Waals surface area contributed by atoms with Gasteiger partial charge in [0.15, 0.2) is 0 Å². The van der Waals surface area contributed by atoms with E-state index in [2.05, 4.69) is 10.0 Å². The molecule has 27 heavy (non-hydrogen) atoms. The van der Waals surface area contributed by atoms with Crippen LogP contribution in [0.3, 0.4) is 0 Å². The number of anilines is 1. The molecule has 0 atom stereocenters. The SMILES string of the molecule is NC1(C(=O)NCc2ccccc2NS(=O)(=O)c2ccccc2)CCOCC1. The zero-order valence-electron chi connectivity index (χ0n) is 14.9. The number of para-hydroxylation sites is 1. The van der Waals surface area contributed by atoms with Crippen molar-refractivity contribution in [2.75, 3.05) is 17.9 Å². The van der Waals surface area contributed by atoms with Gasteiger partial charge in [0.25, 0.3) is 10.0 Å². The van der Waals surface area contributed by atoms with Gasteiger partial charge in [0.1, 0.15) is 0 Å². The lowest BCUT2D eigenvalue weighted by Gasteiger charge is -2.31. The lowest BCUT2D eigenvalue weighted by Crippen LogP contribution is -2.56. The quantitative estimate of drug-likeness (QED) is 0.695. The van der Waals surface area contributed by atoms with E-state index in [1.54, 1.807) is 42.5 Å². The van der Waals surface area contributed by atoms with Crippen LogP contribution in [0.1, 0.15) is 18.4 Å². The molecule has 1 heterocycles. The van der Waals surface area contributed by atoms with E-state index in [1.165, 1.54) is 12.1 Å². The molecule has 1 fully saturated rings. The number of rotatable bonds is 6. The molecule has 0 bridgehead atoms. The Morgan fingerprint density at radius 2 is 1.67 bits per heavy atom. The molecule has 0 aliphatic carbocycles. The van der Waals surface area contributed by atoms with E-state index in [4.69, 9.17) is 10.5 Å². The minimum absolute atomic E-state index is 0.173. The van der Waals surface area contributed by atoms with Gasteiger partial charge < -0.3 is 15.8 Å². The molecule has 0 spiro atoms. The fraction of sp³-hybridized carbons (Fsp3) is 0.316. The summed E-state index contributed by atoms with van der Waals surface area (Å²) in [6, 6.07) is 15.1. The van der Waals surface area contributed by atoms with Crippen LogP contribution in [0, 0.1) is 0 Å². The van der Waals surface area contributed by atoms with Crippen LogP contribution in [0.15, 0.2) is 59.5 Å². The average Bonchev–Trinajstić information content (AvgIpc) is 2.68. The predicted molar refractivity (Wildman–Crippen MR) is 103 cm³/mol. The van der Waals surface area contributed by atoms with Gasteiger partial charge in [0.2, 0.25) is 5.91 Å². The van der Waals surface area contributed by atoms with Gasteiger partial charge in [-0.3, -0.25) is 9.52 Å². The number of hydrogen-bond acceptors (Lipinski definition) is 5. The first kappa shape index (κ1) is 19.3. The second-order valence-electron chi connectivity index (χ2n) is 6.53. The molecule has 0 unspecified atom stereocenters. The molecule has 0 radical (unpaired) electrons. The van der Waals surface area contributed by atoms with Crippen molar-refractivity contribution in [3.05, 3.63) is 60.2 Å². The molecule has 4 N–H and O–H groups in total. The van der Waals surface area contributed by atoms with Gasteiger partial charge in [-0.05, 0) is 36.6 Å². The molecule has 144 valence electrons. The van der Waals surface area contributed by atoms with Gasteiger partial charge >= 0.3 is 0 Å². The molecule has 1 saturated heterocycles. The standard InChI is InChI=1S/C19H23N3O4S/c20-19(10-12-26-13-11-19)18(23)21-14-15-6-4-5-9-17(15)22-27(24,25)16-7-2-1-3-8-16/h1-9,22H,10-14,20H2,(H,21,23). The zero-order valence-corrected chi connectivity index (χ0v) is 15.7. The van der Waals surface area contributed by atoms with Crippen LogP contribution in [0.2, 0.25) is 0 Å². The summed E-state index contributed by atoms with van der Waals surface area (Å²) in [6.45, 7) is 1.08. The monoisotopic (exact) mass is 389 g/mol. The highest BCUT2D eigenvalue weighted by molar-refractivity contribution is 7.92. The van der Waals surface area contributed by atoms with Crippen LogP contribution in [0.4, 0.5) is 5.69 Å². The number of sulfonamides is 1. The molecule has 0 aromatic heterocycles. The summed E-state index contributed by atoms with van der Waals surface area (Å²) < 4.78 is 33.0. The van der Waals surface area contributed by atoms with Crippen LogP contribution >= 0.6 is 0 Å². The summed E-state index contributed by atoms with van der Waals surface area (Å²) in [5.41, 5.74) is 6.30. The van der Waals surface area contributed by atoms with Crippen molar-refractivity contribution in [3.8, 4) is 0 Å². The molecule has 8 heteroatoms. The predicted octanol–water partition coefficient (Wildman–Crippen LogP) is 1.61. The Morgan fingerprint density at radius 1 is 1.04 bits per heavy atom. The van der Waals surface area contributed by atoms with Gasteiger partial charge in [-0.25, -0.2) is 8.42 Å². The van der Waals surface area contributed by atoms with Gasteiger partial charge in [-0.15, -0.1) is 0 Å². The fourth-order valence-corrected chi connectivity index (χ4v) is 4.01. The maximum Gasteiger partial charge on any atom is 0.261 e. The van der Waals surface area contributed by atoms with Crippen molar-refractivity contribution in [2.24, 2.45) is 5.73 Å². The molecule has 1 aliphatic rings. The molecule has 2 aromatic carbocycles. The van der Waals surface area contributed by atoms with Crippen LogP contribution < -0.4 is 15.8 Å². The third-order valence-corrected chi connectivity index (χ3v) is 5.97. The van der Waals surface area contributed by atoms with Crippen molar-refractivity contribution >= 4 is 21.6 Å². The molecule has 1 amide bonds. The Kier molecular flexibility index (Phi) is 5.79. The third-order valence-electron chi connectivity index (χ3n) is 4.59. The Hall–Kier alpha value is -2.42. The fourth-order valence-electron chi connectivity index (χ4n) is 2.89. The Labute approximate surface area is 159 Å². The highest BCUT2D eigenvalue weighted by Crippen LogP contribution is 2.21. The van der Waals surface area contributed by atoms with E-state index in [1.807, 2.05) is 0 Å². The zero-order chi connectivity index (χ0) is 19.3.